The molecule has 2 aromatic carbocycles. The minimum atomic E-state index is -4.22. The summed E-state index contributed by atoms with van der Waals surface area (Å²) in [6, 6.07) is 15.0. The molecule has 1 atom stereocenters. The van der Waals surface area contributed by atoms with Crippen LogP contribution in [-0.4, -0.2) is 23.8 Å². The number of nitriles is 1. The maximum absolute atomic E-state index is 13.5. The fourth-order valence-electron chi connectivity index (χ4n) is 2.45. The Bertz CT molecular complexity index is 1110. The molecule has 10 heteroatoms. The Hall–Kier alpha value is -3.22. The molecule has 1 unspecified atom stereocenters. The summed E-state index contributed by atoms with van der Waals surface area (Å²) in [5.74, 6) is 0.378. The number of halogens is 4. The second-order valence-electron chi connectivity index (χ2n) is 6.04. The van der Waals surface area contributed by atoms with E-state index in [-0.39, 0.29) is 17.0 Å². The van der Waals surface area contributed by atoms with Gasteiger partial charge in [0.1, 0.15) is 28.1 Å². The molecule has 160 valence electrons. The SMILES string of the molecule is COc1ccc(-c2csc(/C(C#N)=C/Nc3ccccc3OC(F)(F)C(F)Cl)n2)cc1. The predicted molar refractivity (Wildman–Crippen MR) is 114 cm³/mol. The summed E-state index contributed by atoms with van der Waals surface area (Å²) in [6.07, 6.45) is -2.91. The van der Waals surface area contributed by atoms with Crippen LogP contribution in [0.4, 0.5) is 18.9 Å². The number of benzene rings is 2. The number of ether oxygens (including phenoxy) is 2. The molecule has 1 aromatic heterocycles. The van der Waals surface area contributed by atoms with E-state index in [1.165, 1.54) is 35.7 Å². The number of nitrogens with zero attached hydrogens (tertiary/aromatic N) is 2. The molecule has 3 aromatic rings. The Balaban J connectivity index is 1.81. The average molecular weight is 466 g/mol. The maximum Gasteiger partial charge on any atom is 0.444 e. The second kappa shape index (κ2) is 9.73. The molecule has 0 aliphatic rings. The van der Waals surface area contributed by atoms with Crippen LogP contribution in [0.25, 0.3) is 16.8 Å². The highest BCUT2D eigenvalue weighted by molar-refractivity contribution is 7.11. The van der Waals surface area contributed by atoms with Crippen LogP contribution in [0, 0.1) is 11.3 Å². The number of hydrogen-bond donors (Lipinski definition) is 1. The zero-order valence-corrected chi connectivity index (χ0v) is 17.6. The number of anilines is 1. The second-order valence-corrected chi connectivity index (χ2v) is 7.28. The zero-order chi connectivity index (χ0) is 22.4. The number of rotatable bonds is 8. The van der Waals surface area contributed by atoms with Crippen LogP contribution >= 0.6 is 22.9 Å². The van der Waals surface area contributed by atoms with Crippen molar-refractivity contribution in [2.24, 2.45) is 0 Å². The lowest BCUT2D eigenvalue weighted by molar-refractivity contribution is -0.198. The molecule has 0 aliphatic heterocycles. The molecule has 0 fully saturated rings. The monoisotopic (exact) mass is 465 g/mol. The van der Waals surface area contributed by atoms with E-state index in [1.54, 1.807) is 30.7 Å². The summed E-state index contributed by atoms with van der Waals surface area (Å²) in [6.45, 7) is 0. The van der Waals surface area contributed by atoms with Crippen molar-refractivity contribution in [1.29, 1.82) is 5.26 Å². The smallest absolute Gasteiger partial charge is 0.444 e. The number of thiazole rings is 1. The molecule has 31 heavy (non-hydrogen) atoms. The number of methoxy groups -OCH3 is 1. The highest BCUT2D eigenvalue weighted by Gasteiger charge is 2.42. The van der Waals surface area contributed by atoms with E-state index in [9.17, 15) is 18.4 Å². The lowest BCUT2D eigenvalue weighted by Gasteiger charge is -2.19. The van der Waals surface area contributed by atoms with Crippen LogP contribution in [0.15, 0.2) is 60.1 Å². The van der Waals surface area contributed by atoms with Gasteiger partial charge in [0, 0.05) is 17.1 Å². The molecule has 0 saturated heterocycles. The lowest BCUT2D eigenvalue weighted by atomic mass is 10.2. The van der Waals surface area contributed by atoms with Crippen LogP contribution in [0.3, 0.4) is 0 Å². The minimum absolute atomic E-state index is 0.0965. The highest BCUT2D eigenvalue weighted by atomic mass is 35.5. The van der Waals surface area contributed by atoms with Crippen LogP contribution in [0.1, 0.15) is 5.01 Å². The molecule has 0 saturated carbocycles. The van der Waals surface area contributed by atoms with Gasteiger partial charge in [-0.1, -0.05) is 23.7 Å². The molecule has 0 bridgehead atoms. The van der Waals surface area contributed by atoms with Gasteiger partial charge in [-0.05, 0) is 36.4 Å². The van der Waals surface area contributed by atoms with Crippen molar-refractivity contribution in [1.82, 2.24) is 4.98 Å². The first-order valence-corrected chi connectivity index (χ1v) is 10.1. The fourth-order valence-corrected chi connectivity index (χ4v) is 3.29. The van der Waals surface area contributed by atoms with Crippen molar-refractivity contribution in [3.8, 4) is 28.8 Å². The maximum atomic E-state index is 13.5. The predicted octanol–water partition coefficient (Wildman–Crippen LogP) is 6.30. The van der Waals surface area contributed by atoms with E-state index in [0.717, 1.165) is 5.56 Å². The van der Waals surface area contributed by atoms with Gasteiger partial charge >= 0.3 is 6.11 Å². The zero-order valence-electron chi connectivity index (χ0n) is 16.0. The van der Waals surface area contributed by atoms with Gasteiger partial charge in [-0.25, -0.2) is 9.37 Å². The number of aromatic nitrogens is 1. The van der Waals surface area contributed by atoms with Crippen molar-refractivity contribution >= 4 is 34.2 Å². The molecule has 0 radical (unpaired) electrons. The summed E-state index contributed by atoms with van der Waals surface area (Å²) >= 11 is 6.09. The van der Waals surface area contributed by atoms with Crippen molar-refractivity contribution < 1.29 is 22.6 Å². The van der Waals surface area contributed by atoms with Crippen molar-refractivity contribution in [2.45, 2.75) is 11.7 Å². The third-order valence-electron chi connectivity index (χ3n) is 4.00. The molecule has 1 heterocycles. The third kappa shape index (κ3) is 5.48. The van der Waals surface area contributed by atoms with Gasteiger partial charge in [0.2, 0.25) is 0 Å². The van der Waals surface area contributed by atoms with Crippen molar-refractivity contribution in [3.05, 3.63) is 65.1 Å². The van der Waals surface area contributed by atoms with E-state index in [2.05, 4.69) is 15.0 Å². The lowest BCUT2D eigenvalue weighted by Crippen LogP contribution is -2.33. The van der Waals surface area contributed by atoms with E-state index < -0.39 is 11.7 Å². The number of alkyl halides is 4. The standard InChI is InChI=1S/C21H15ClF3N3O2S/c1-29-15-8-6-13(7-9-15)17-12-31-19(28-17)14(10-26)11-27-16-4-2-3-5-18(16)30-21(24,25)20(22)23/h2-9,11-12,20,27H,1H3/b14-11+. The van der Waals surface area contributed by atoms with Gasteiger partial charge < -0.3 is 14.8 Å². The molecule has 0 amide bonds. The van der Waals surface area contributed by atoms with E-state index in [1.807, 2.05) is 18.2 Å². The summed E-state index contributed by atoms with van der Waals surface area (Å²) in [5, 5.41) is 14.5. The topological polar surface area (TPSA) is 67.2 Å². The molecular formula is C21H15ClF3N3O2S. The van der Waals surface area contributed by atoms with Gasteiger partial charge in [-0.3, -0.25) is 0 Å². The third-order valence-corrected chi connectivity index (χ3v) is 5.13. The molecule has 5 nitrogen and oxygen atoms in total. The molecule has 3 rings (SSSR count). The van der Waals surface area contributed by atoms with Gasteiger partial charge in [0.25, 0.3) is 5.63 Å². The van der Waals surface area contributed by atoms with E-state index in [4.69, 9.17) is 16.3 Å². The molecule has 1 N–H and O–H groups in total. The quantitative estimate of drug-likeness (QED) is 0.312. The Morgan fingerprint density at radius 3 is 2.61 bits per heavy atom. The summed E-state index contributed by atoms with van der Waals surface area (Å²) in [5.41, 5.74) is -1.23. The molecule has 0 spiro atoms. The average Bonchev–Trinajstić information content (AvgIpc) is 3.25. The van der Waals surface area contributed by atoms with Gasteiger partial charge in [-0.15, -0.1) is 11.3 Å². The molecule has 0 aliphatic carbocycles. The fraction of sp³-hybridized carbons (Fsp3) is 0.143. The largest absolute Gasteiger partial charge is 0.497 e. The number of allylic oxidation sites excluding steroid dienone is 1. The minimum Gasteiger partial charge on any atom is -0.497 e. The highest BCUT2D eigenvalue weighted by Crippen LogP contribution is 2.34. The number of hydrogen-bond acceptors (Lipinski definition) is 6. The Kier molecular flexibility index (Phi) is 7.05. The normalized spacial score (nSPS) is 12.7. The van der Waals surface area contributed by atoms with Crippen molar-refractivity contribution in [2.75, 3.05) is 12.4 Å². The Morgan fingerprint density at radius 2 is 1.97 bits per heavy atom. The van der Waals surface area contributed by atoms with Gasteiger partial charge in [-0.2, -0.15) is 14.0 Å². The van der Waals surface area contributed by atoms with Crippen LogP contribution in [-0.2, 0) is 0 Å². The van der Waals surface area contributed by atoms with E-state index >= 15 is 0 Å². The molecular weight excluding hydrogens is 451 g/mol. The van der Waals surface area contributed by atoms with E-state index in [0.29, 0.717) is 16.5 Å². The summed E-state index contributed by atoms with van der Waals surface area (Å²) < 4.78 is 49.4. The van der Waals surface area contributed by atoms with Crippen LogP contribution in [0.2, 0.25) is 0 Å². The number of para-hydroxylation sites is 2. The Morgan fingerprint density at radius 1 is 1.26 bits per heavy atom. The number of nitrogens with one attached hydrogen (secondary N) is 1. The summed E-state index contributed by atoms with van der Waals surface area (Å²) in [7, 11) is 1.57. The Labute approximate surface area is 185 Å². The first-order valence-electron chi connectivity index (χ1n) is 8.75. The van der Waals surface area contributed by atoms with Crippen LogP contribution < -0.4 is 14.8 Å². The van der Waals surface area contributed by atoms with Crippen LogP contribution in [0.5, 0.6) is 11.5 Å². The van der Waals surface area contributed by atoms with Gasteiger partial charge in [0.15, 0.2) is 0 Å². The van der Waals surface area contributed by atoms with Crippen molar-refractivity contribution in [3.63, 3.8) is 0 Å². The van der Waals surface area contributed by atoms with Gasteiger partial charge in [0.05, 0.1) is 18.5 Å². The first kappa shape index (κ1) is 22.5. The summed E-state index contributed by atoms with van der Waals surface area (Å²) in [4.78, 5) is 4.45. The first-order chi connectivity index (χ1) is 14.8.